The molecule has 1 aromatic heterocycles. The summed E-state index contributed by atoms with van der Waals surface area (Å²) in [6.07, 6.45) is 1.47. The van der Waals surface area contributed by atoms with Gasteiger partial charge in [0, 0.05) is 17.6 Å². The fourth-order valence-corrected chi connectivity index (χ4v) is 1.64. The van der Waals surface area contributed by atoms with Crippen LogP contribution in [0.25, 0.3) is 10.9 Å². The largest absolute Gasteiger partial charge is 0.489 e. The molecule has 0 aliphatic carbocycles. The molecule has 0 spiro atoms. The van der Waals surface area contributed by atoms with Crippen molar-refractivity contribution in [1.29, 1.82) is 0 Å². The fourth-order valence-electron chi connectivity index (χ4n) is 1.64. The molecule has 0 aliphatic heterocycles. The second-order valence-electron chi connectivity index (χ2n) is 3.45. The van der Waals surface area contributed by atoms with Crippen LogP contribution in [0.2, 0.25) is 0 Å². The van der Waals surface area contributed by atoms with Gasteiger partial charge in [-0.05, 0) is 17.7 Å². The van der Waals surface area contributed by atoms with Gasteiger partial charge in [0.25, 0.3) is 0 Å². The Kier molecular flexibility index (Phi) is 2.88. The highest BCUT2D eigenvalue weighted by atomic mass is 16.6. The molecule has 0 bridgehead atoms. The van der Waals surface area contributed by atoms with E-state index in [1.165, 1.54) is 19.4 Å². The van der Waals surface area contributed by atoms with Crippen LogP contribution in [0.1, 0.15) is 5.56 Å². The monoisotopic (exact) mass is 234 g/mol. The number of hydrogen-bond acceptors (Lipinski definition) is 5. The van der Waals surface area contributed by atoms with E-state index in [2.05, 4.69) is 4.98 Å². The molecule has 1 N–H and O–H groups in total. The van der Waals surface area contributed by atoms with Crippen molar-refractivity contribution in [3.05, 3.63) is 40.1 Å². The summed E-state index contributed by atoms with van der Waals surface area (Å²) in [5.41, 5.74) is 0.941. The van der Waals surface area contributed by atoms with Crippen molar-refractivity contribution in [1.82, 2.24) is 4.98 Å². The number of rotatable bonds is 3. The predicted octanol–water partition coefficient (Wildman–Crippen LogP) is 1.64. The minimum Gasteiger partial charge on any atom is -0.489 e. The maximum atomic E-state index is 10.8. The fraction of sp³-hybridized carbons (Fsp3) is 0.182. The van der Waals surface area contributed by atoms with E-state index in [0.717, 1.165) is 0 Å². The molecule has 0 aliphatic rings. The molecule has 17 heavy (non-hydrogen) atoms. The van der Waals surface area contributed by atoms with Gasteiger partial charge in [0.15, 0.2) is 0 Å². The maximum absolute atomic E-state index is 10.8. The molecule has 6 nitrogen and oxygen atoms in total. The number of aliphatic hydroxyl groups is 1. The van der Waals surface area contributed by atoms with Gasteiger partial charge < -0.3 is 9.84 Å². The third kappa shape index (κ3) is 1.90. The van der Waals surface area contributed by atoms with Crippen LogP contribution in [0.3, 0.4) is 0 Å². The molecule has 0 saturated heterocycles. The average Bonchev–Trinajstić information content (AvgIpc) is 2.36. The zero-order valence-electron chi connectivity index (χ0n) is 9.08. The summed E-state index contributed by atoms with van der Waals surface area (Å²) in [6.45, 7) is -0.123. The smallest absolute Gasteiger partial charge is 0.313 e. The number of nitro groups is 1. The molecule has 0 radical (unpaired) electrons. The van der Waals surface area contributed by atoms with E-state index < -0.39 is 4.92 Å². The van der Waals surface area contributed by atoms with Gasteiger partial charge in [0.1, 0.15) is 5.52 Å². The molecule has 88 valence electrons. The number of aliphatic hydroxyl groups excluding tert-OH is 1. The van der Waals surface area contributed by atoms with Crippen LogP contribution >= 0.6 is 0 Å². The number of pyridine rings is 1. The van der Waals surface area contributed by atoms with Crippen LogP contribution in [0.4, 0.5) is 5.69 Å². The van der Waals surface area contributed by atoms with Crippen molar-refractivity contribution >= 4 is 16.6 Å². The lowest BCUT2D eigenvalue weighted by Gasteiger charge is -2.06. The Labute approximate surface area is 96.6 Å². The molecule has 1 aromatic carbocycles. The average molecular weight is 234 g/mol. The van der Waals surface area contributed by atoms with Gasteiger partial charge in [-0.3, -0.25) is 15.1 Å². The third-order valence-electron chi connectivity index (χ3n) is 2.43. The summed E-state index contributed by atoms with van der Waals surface area (Å²) in [5.74, 6) is 0.136. The first kappa shape index (κ1) is 11.3. The molecule has 2 rings (SSSR count). The van der Waals surface area contributed by atoms with Crippen LogP contribution in [0.5, 0.6) is 5.75 Å². The van der Waals surface area contributed by atoms with Crippen molar-refractivity contribution in [2.24, 2.45) is 0 Å². The van der Waals surface area contributed by atoms with E-state index in [-0.39, 0.29) is 18.0 Å². The van der Waals surface area contributed by atoms with Gasteiger partial charge in [0.2, 0.25) is 5.75 Å². The van der Waals surface area contributed by atoms with Gasteiger partial charge in [-0.2, -0.15) is 0 Å². The minimum absolute atomic E-state index is 0.121. The van der Waals surface area contributed by atoms with Crippen molar-refractivity contribution < 1.29 is 14.8 Å². The van der Waals surface area contributed by atoms with Crippen LogP contribution in [0, 0.1) is 10.1 Å². The van der Waals surface area contributed by atoms with E-state index in [9.17, 15) is 10.1 Å². The summed E-state index contributed by atoms with van der Waals surface area (Å²) in [4.78, 5) is 14.4. The highest BCUT2D eigenvalue weighted by Crippen LogP contribution is 2.33. The minimum atomic E-state index is -0.514. The van der Waals surface area contributed by atoms with E-state index in [1.54, 1.807) is 12.1 Å². The van der Waals surface area contributed by atoms with Crippen molar-refractivity contribution in [3.63, 3.8) is 0 Å². The molecule has 0 amide bonds. The molecule has 0 atom stereocenters. The summed E-state index contributed by atoms with van der Waals surface area (Å²) in [7, 11) is 1.36. The van der Waals surface area contributed by atoms with E-state index >= 15 is 0 Å². The van der Waals surface area contributed by atoms with Gasteiger partial charge in [-0.15, -0.1) is 0 Å². The molecule has 6 heteroatoms. The Bertz CT molecular complexity index is 583. The van der Waals surface area contributed by atoms with Crippen molar-refractivity contribution in [2.75, 3.05) is 7.11 Å². The number of nitro benzene ring substituents is 1. The second-order valence-corrected chi connectivity index (χ2v) is 3.45. The van der Waals surface area contributed by atoms with Gasteiger partial charge in [0.05, 0.1) is 18.6 Å². The highest BCUT2D eigenvalue weighted by Gasteiger charge is 2.18. The van der Waals surface area contributed by atoms with Crippen LogP contribution in [-0.4, -0.2) is 22.1 Å². The summed E-state index contributed by atoms with van der Waals surface area (Å²) >= 11 is 0. The van der Waals surface area contributed by atoms with Gasteiger partial charge in [-0.25, -0.2) is 0 Å². The number of methoxy groups -OCH3 is 1. The first-order valence-corrected chi connectivity index (χ1v) is 4.88. The second kappa shape index (κ2) is 4.34. The Hall–Kier alpha value is -2.21. The quantitative estimate of drug-likeness (QED) is 0.644. The lowest BCUT2D eigenvalue weighted by molar-refractivity contribution is -0.385. The van der Waals surface area contributed by atoms with Crippen molar-refractivity contribution in [2.45, 2.75) is 6.61 Å². The Morgan fingerprint density at radius 1 is 1.53 bits per heavy atom. The highest BCUT2D eigenvalue weighted by molar-refractivity contribution is 5.88. The summed E-state index contributed by atoms with van der Waals surface area (Å²) in [5, 5.41) is 20.5. The maximum Gasteiger partial charge on any atom is 0.313 e. The Morgan fingerprint density at radius 3 is 2.88 bits per heavy atom. The Balaban J connectivity index is 2.73. The van der Waals surface area contributed by atoms with Crippen LogP contribution in [0.15, 0.2) is 24.4 Å². The predicted molar refractivity (Wildman–Crippen MR) is 60.9 cm³/mol. The van der Waals surface area contributed by atoms with Gasteiger partial charge in [-0.1, -0.05) is 0 Å². The molecule has 2 aromatic rings. The number of benzene rings is 1. The lowest BCUT2D eigenvalue weighted by atomic mass is 10.1. The molecule has 0 unspecified atom stereocenters. The number of ether oxygens (including phenoxy) is 1. The molecule has 0 saturated carbocycles. The molecule has 0 fully saturated rings. The Morgan fingerprint density at radius 2 is 2.29 bits per heavy atom. The first-order valence-electron chi connectivity index (χ1n) is 4.88. The third-order valence-corrected chi connectivity index (χ3v) is 2.43. The molecular weight excluding hydrogens is 224 g/mol. The van der Waals surface area contributed by atoms with Crippen molar-refractivity contribution in [3.8, 4) is 5.75 Å². The summed E-state index contributed by atoms with van der Waals surface area (Å²) in [6, 6.07) is 4.67. The van der Waals surface area contributed by atoms with Gasteiger partial charge >= 0.3 is 5.69 Å². The first-order chi connectivity index (χ1) is 8.17. The topological polar surface area (TPSA) is 85.5 Å². The zero-order valence-corrected chi connectivity index (χ0v) is 9.08. The summed E-state index contributed by atoms with van der Waals surface area (Å²) < 4.78 is 5.03. The normalized spacial score (nSPS) is 10.5. The zero-order chi connectivity index (χ0) is 12.4. The number of aromatic nitrogens is 1. The van der Waals surface area contributed by atoms with E-state index in [0.29, 0.717) is 16.5 Å². The number of hydrogen-bond donors (Lipinski definition) is 1. The molecular formula is C11H10N2O4. The van der Waals surface area contributed by atoms with E-state index in [1.807, 2.05) is 0 Å². The number of nitrogens with zero attached hydrogens (tertiary/aromatic N) is 2. The standard InChI is InChI=1S/C11H10N2O4/c1-17-11-9(13(15)16)3-2-8-4-7(6-14)5-12-10(8)11/h2-5,14H,6H2,1H3. The SMILES string of the molecule is COc1c([N+](=O)[O-])ccc2cc(CO)cnc12. The van der Waals surface area contributed by atoms with E-state index in [4.69, 9.17) is 9.84 Å². The van der Waals surface area contributed by atoms with Crippen LogP contribution < -0.4 is 4.74 Å². The number of fused-ring (bicyclic) bond motifs is 1. The van der Waals surface area contributed by atoms with Crippen LogP contribution in [-0.2, 0) is 6.61 Å². The molecule has 1 heterocycles. The lowest BCUT2D eigenvalue weighted by Crippen LogP contribution is -1.96.